The third kappa shape index (κ3) is 6.84. The molecule has 5 rings (SSSR count). The van der Waals surface area contributed by atoms with Crippen LogP contribution in [0.1, 0.15) is 16.1 Å². The van der Waals surface area contributed by atoms with Crippen LogP contribution in [0.25, 0.3) is 22.2 Å². The Morgan fingerprint density at radius 2 is 1.81 bits per heavy atom. The van der Waals surface area contributed by atoms with E-state index >= 15 is 0 Å². The van der Waals surface area contributed by atoms with Crippen LogP contribution in [0, 0.1) is 0 Å². The minimum absolute atomic E-state index is 0.0000407. The lowest BCUT2D eigenvalue weighted by molar-refractivity contribution is -0.137. The van der Waals surface area contributed by atoms with Gasteiger partial charge in [0, 0.05) is 35.9 Å². The fourth-order valence-electron chi connectivity index (χ4n) is 4.31. The number of aromatic nitrogens is 3. The molecule has 3 N–H and O–H groups in total. The molecule has 2 aromatic carbocycles. The normalized spacial score (nSPS) is 14.5. The van der Waals surface area contributed by atoms with Crippen molar-refractivity contribution in [1.82, 2.24) is 25.0 Å². The number of fused-ring (bicyclic) bond motifs is 2. The van der Waals surface area contributed by atoms with Gasteiger partial charge in [-0.05, 0) is 35.9 Å². The molecule has 12 nitrogen and oxygen atoms in total. The highest BCUT2D eigenvalue weighted by Gasteiger charge is 2.34. The van der Waals surface area contributed by atoms with Crippen LogP contribution in [0.3, 0.4) is 0 Å². The van der Waals surface area contributed by atoms with E-state index in [1.54, 1.807) is 6.07 Å². The van der Waals surface area contributed by atoms with Crippen molar-refractivity contribution >= 4 is 48.4 Å². The fraction of sp³-hybridized carbons (Fsp3) is 0.231. The summed E-state index contributed by atoms with van der Waals surface area (Å²) in [6, 6.07) is 10.4. The van der Waals surface area contributed by atoms with Crippen molar-refractivity contribution in [2.75, 3.05) is 37.0 Å². The summed E-state index contributed by atoms with van der Waals surface area (Å²) < 4.78 is 96.8. The number of hydrogen-bond donors (Lipinski definition) is 3. The van der Waals surface area contributed by atoms with Gasteiger partial charge in [0.1, 0.15) is 22.9 Å². The first-order chi connectivity index (χ1) is 20.2. The molecular weight excluding hydrogens is 613 g/mol. The predicted octanol–water partition coefficient (Wildman–Crippen LogP) is 2.90. The summed E-state index contributed by atoms with van der Waals surface area (Å²) in [6.45, 7) is -0.293. The van der Waals surface area contributed by atoms with Gasteiger partial charge in [-0.25, -0.2) is 31.5 Å². The number of halogens is 3. The molecule has 3 heterocycles. The van der Waals surface area contributed by atoms with Gasteiger partial charge in [-0.2, -0.15) is 18.2 Å². The number of pyridine rings is 1. The number of hydrogen-bond acceptors (Lipinski definition) is 10. The zero-order valence-corrected chi connectivity index (χ0v) is 23.9. The monoisotopic (exact) mass is 636 g/mol. The van der Waals surface area contributed by atoms with E-state index in [0.717, 1.165) is 12.3 Å². The van der Waals surface area contributed by atoms with Crippen molar-refractivity contribution < 1.29 is 39.5 Å². The Balaban J connectivity index is 1.54. The van der Waals surface area contributed by atoms with Gasteiger partial charge in [0.15, 0.2) is 15.5 Å². The lowest BCUT2D eigenvalue weighted by atomic mass is 9.96. The Labute approximate surface area is 243 Å². The van der Waals surface area contributed by atoms with E-state index in [2.05, 4.69) is 30.3 Å². The number of sulfonamides is 1. The number of carbonyl (C=O) groups is 1. The molecule has 4 aromatic rings. The van der Waals surface area contributed by atoms with Crippen molar-refractivity contribution in [2.45, 2.75) is 11.1 Å². The quantitative estimate of drug-likeness (QED) is 0.245. The minimum atomic E-state index is -4.74. The summed E-state index contributed by atoms with van der Waals surface area (Å²) in [4.78, 5) is 25.9. The second-order valence-corrected chi connectivity index (χ2v) is 13.3. The van der Waals surface area contributed by atoms with E-state index < -0.39 is 37.5 Å². The summed E-state index contributed by atoms with van der Waals surface area (Å²) in [6.07, 6.45) is -2.50. The van der Waals surface area contributed by atoms with E-state index in [1.165, 1.54) is 42.6 Å². The van der Waals surface area contributed by atoms with Crippen molar-refractivity contribution in [3.8, 4) is 16.9 Å². The zero-order valence-electron chi connectivity index (χ0n) is 22.3. The van der Waals surface area contributed by atoms with E-state index in [0.29, 0.717) is 5.69 Å². The Hall–Kier alpha value is -4.35. The highest BCUT2D eigenvalue weighted by atomic mass is 32.2. The van der Waals surface area contributed by atoms with Crippen molar-refractivity contribution in [3.63, 3.8) is 0 Å². The van der Waals surface area contributed by atoms with Crippen LogP contribution >= 0.6 is 0 Å². The molecule has 1 amide bonds. The number of rotatable bonds is 8. The molecule has 1 aliphatic heterocycles. The van der Waals surface area contributed by atoms with Crippen LogP contribution in [0.15, 0.2) is 59.6 Å². The van der Waals surface area contributed by atoms with Gasteiger partial charge in [-0.1, -0.05) is 18.2 Å². The second kappa shape index (κ2) is 11.4. The summed E-state index contributed by atoms with van der Waals surface area (Å²) in [5.41, 5.74) is -1.54. The Kier molecular flexibility index (Phi) is 7.97. The Morgan fingerprint density at radius 3 is 2.56 bits per heavy atom. The van der Waals surface area contributed by atoms with Crippen molar-refractivity contribution in [2.24, 2.45) is 0 Å². The van der Waals surface area contributed by atoms with Crippen LogP contribution in [-0.2, 0) is 26.0 Å². The number of alkyl halides is 3. The van der Waals surface area contributed by atoms with Gasteiger partial charge in [0.05, 0.1) is 17.6 Å². The zero-order chi connectivity index (χ0) is 31.0. The molecular formula is C26H23F3N6O6S2. The number of benzene rings is 2. The number of ether oxygens (including phenoxy) is 1. The van der Waals surface area contributed by atoms with E-state index in [1.807, 2.05) is 0 Å². The maximum atomic E-state index is 13.9. The van der Waals surface area contributed by atoms with Gasteiger partial charge >= 0.3 is 6.18 Å². The highest BCUT2D eigenvalue weighted by Crippen LogP contribution is 2.39. The highest BCUT2D eigenvalue weighted by molar-refractivity contribution is 7.91. The van der Waals surface area contributed by atoms with Crippen molar-refractivity contribution in [3.05, 3.63) is 66.0 Å². The van der Waals surface area contributed by atoms with Crippen LogP contribution in [-0.4, -0.2) is 69.4 Å². The first kappa shape index (κ1) is 30.1. The molecule has 0 saturated carbocycles. The smallest absolute Gasteiger partial charge is 0.417 e. The van der Waals surface area contributed by atoms with E-state index in [4.69, 9.17) is 4.74 Å². The number of nitrogens with one attached hydrogen (secondary N) is 3. The summed E-state index contributed by atoms with van der Waals surface area (Å²) in [5, 5.41) is 5.54. The molecule has 0 fully saturated rings. The van der Waals surface area contributed by atoms with Crippen LogP contribution < -0.4 is 20.1 Å². The maximum Gasteiger partial charge on any atom is 0.417 e. The largest absolute Gasteiger partial charge is 0.491 e. The average molecular weight is 637 g/mol. The van der Waals surface area contributed by atoms with Crippen molar-refractivity contribution in [1.29, 1.82) is 0 Å². The summed E-state index contributed by atoms with van der Waals surface area (Å²) >= 11 is 0. The fourth-order valence-corrected chi connectivity index (χ4v) is 6.05. The minimum Gasteiger partial charge on any atom is -0.491 e. The number of amides is 1. The first-order valence-corrected chi connectivity index (χ1v) is 16.1. The summed E-state index contributed by atoms with van der Waals surface area (Å²) in [7, 11) is -7.09. The lowest BCUT2D eigenvalue weighted by Gasteiger charge is -2.18. The van der Waals surface area contributed by atoms with Gasteiger partial charge in [-0.15, -0.1) is 0 Å². The third-order valence-corrected chi connectivity index (χ3v) is 8.65. The maximum absolute atomic E-state index is 13.9. The number of carbonyl (C=O) groups excluding carboxylic acids is 1. The van der Waals surface area contributed by atoms with E-state index in [9.17, 15) is 34.8 Å². The van der Waals surface area contributed by atoms with Crippen LogP contribution in [0.4, 0.5) is 24.8 Å². The predicted molar refractivity (Wildman–Crippen MR) is 150 cm³/mol. The molecule has 0 saturated heterocycles. The number of nitrogens with zero attached hydrogens (tertiary/aromatic N) is 3. The summed E-state index contributed by atoms with van der Waals surface area (Å²) in [5.74, 6) is -0.847. The standard InChI is InChI=1S/C26H23F3N6O6S2/c1-42(37,38)32-9-8-30-24(36)22-18(17-4-2-3-5-19(17)26(27,28)29)12-15-14-31-25(35-23(15)34-22)33-16-6-7-20-21(13-16)43(39,40)11-10-41-20/h2-7,12-14,32H,8-11H2,1H3,(H,30,36)(H,31,33,34,35). The third-order valence-electron chi connectivity index (χ3n) is 6.23. The molecule has 1 aliphatic rings. The van der Waals surface area contributed by atoms with E-state index in [-0.39, 0.29) is 69.9 Å². The molecule has 0 aliphatic carbocycles. The topological polar surface area (TPSA) is 169 Å². The molecule has 0 atom stereocenters. The number of anilines is 2. The molecule has 2 aromatic heterocycles. The van der Waals surface area contributed by atoms with Crippen LogP contribution in [0.2, 0.25) is 0 Å². The lowest BCUT2D eigenvalue weighted by Crippen LogP contribution is -2.34. The molecule has 0 spiro atoms. The second-order valence-electron chi connectivity index (χ2n) is 9.41. The Morgan fingerprint density at radius 1 is 1.05 bits per heavy atom. The molecule has 0 bridgehead atoms. The molecule has 0 unspecified atom stereocenters. The van der Waals surface area contributed by atoms with Gasteiger partial charge < -0.3 is 15.4 Å². The molecule has 17 heteroatoms. The van der Waals surface area contributed by atoms with Gasteiger partial charge in [0.25, 0.3) is 5.91 Å². The average Bonchev–Trinajstić information content (AvgIpc) is 2.94. The van der Waals surface area contributed by atoms with Crippen LogP contribution in [0.5, 0.6) is 5.75 Å². The SMILES string of the molecule is CS(=O)(=O)NCCNC(=O)c1nc2nc(Nc3ccc4c(c3)S(=O)(=O)CCO4)ncc2cc1-c1ccccc1C(F)(F)F. The first-order valence-electron chi connectivity index (χ1n) is 12.6. The Bertz CT molecular complexity index is 1950. The number of sulfone groups is 1. The van der Waals surface area contributed by atoms with Gasteiger partial charge in [0.2, 0.25) is 16.0 Å². The molecule has 226 valence electrons. The molecule has 43 heavy (non-hydrogen) atoms. The van der Waals surface area contributed by atoms with Gasteiger partial charge in [-0.3, -0.25) is 4.79 Å². The molecule has 0 radical (unpaired) electrons.